The van der Waals surface area contributed by atoms with Gasteiger partial charge in [-0.15, -0.1) is 0 Å². The molecule has 1 amide bonds. The number of carbonyl (C=O) groups is 1. The molecule has 0 saturated carbocycles. The third-order valence-corrected chi connectivity index (χ3v) is 4.52. The molecule has 0 atom stereocenters. The van der Waals surface area contributed by atoms with E-state index in [0.29, 0.717) is 11.2 Å². The molecule has 0 fully saturated rings. The number of nitrogens with one attached hydrogen (secondary N) is 1. The number of benzene rings is 1. The number of nitrogens with zero attached hydrogens (tertiary/aromatic N) is 4. The number of amides is 1. The van der Waals surface area contributed by atoms with Crippen molar-refractivity contribution in [1.82, 2.24) is 19.6 Å². The standard InChI is InChI=1S/C21H27N5O2/c1-13(2)18-16-11-22-26(21(4,5)6)19(16)20(28)25(24-18)12-17(27)23-15-9-7-14(3)8-10-15/h7-11,13H,12H2,1-6H3,(H,23,27). The molecule has 0 aliphatic rings. The highest BCUT2D eigenvalue weighted by molar-refractivity contribution is 5.90. The summed E-state index contributed by atoms with van der Waals surface area (Å²) in [4.78, 5) is 25.6. The minimum absolute atomic E-state index is 0.0899. The maximum atomic E-state index is 13.1. The van der Waals surface area contributed by atoms with Crippen molar-refractivity contribution in [3.05, 3.63) is 52.1 Å². The van der Waals surface area contributed by atoms with Crippen LogP contribution in [0.5, 0.6) is 0 Å². The molecule has 0 aliphatic carbocycles. The molecule has 28 heavy (non-hydrogen) atoms. The summed E-state index contributed by atoms with van der Waals surface area (Å²) in [6.07, 6.45) is 1.70. The molecular weight excluding hydrogens is 354 g/mol. The molecule has 2 heterocycles. The van der Waals surface area contributed by atoms with Crippen LogP contribution in [0, 0.1) is 6.92 Å². The van der Waals surface area contributed by atoms with E-state index in [0.717, 1.165) is 16.6 Å². The van der Waals surface area contributed by atoms with E-state index in [2.05, 4.69) is 15.5 Å². The van der Waals surface area contributed by atoms with Crippen LogP contribution in [0.3, 0.4) is 0 Å². The summed E-state index contributed by atoms with van der Waals surface area (Å²) in [5, 5.41) is 12.5. The summed E-state index contributed by atoms with van der Waals surface area (Å²) in [6, 6.07) is 7.51. The summed E-state index contributed by atoms with van der Waals surface area (Å²) < 4.78 is 2.96. The van der Waals surface area contributed by atoms with Crippen LogP contribution in [-0.2, 0) is 16.9 Å². The number of anilines is 1. The normalized spacial score (nSPS) is 12.0. The van der Waals surface area contributed by atoms with E-state index in [4.69, 9.17) is 0 Å². The van der Waals surface area contributed by atoms with Crippen LogP contribution in [0.4, 0.5) is 5.69 Å². The molecule has 0 spiro atoms. The summed E-state index contributed by atoms with van der Waals surface area (Å²) in [5.74, 6) is -0.207. The van der Waals surface area contributed by atoms with Crippen molar-refractivity contribution < 1.29 is 4.79 Å². The maximum absolute atomic E-state index is 13.1. The van der Waals surface area contributed by atoms with Crippen LogP contribution in [0.25, 0.3) is 10.9 Å². The highest BCUT2D eigenvalue weighted by Gasteiger charge is 2.24. The van der Waals surface area contributed by atoms with Crippen LogP contribution in [0.15, 0.2) is 35.3 Å². The fourth-order valence-corrected chi connectivity index (χ4v) is 3.11. The molecule has 3 rings (SSSR count). The largest absolute Gasteiger partial charge is 0.324 e. The minimum atomic E-state index is -0.363. The predicted octanol–water partition coefficient (Wildman–Crippen LogP) is 3.42. The molecule has 7 nitrogen and oxygen atoms in total. The number of hydrogen-bond donors (Lipinski definition) is 1. The maximum Gasteiger partial charge on any atom is 0.293 e. The number of aryl methyl sites for hydroxylation is 1. The second kappa shape index (κ2) is 7.22. The topological polar surface area (TPSA) is 81.8 Å². The second-order valence-corrected chi connectivity index (χ2v) is 8.41. The Balaban J connectivity index is 2.03. The van der Waals surface area contributed by atoms with Gasteiger partial charge in [0.05, 0.1) is 17.4 Å². The first kappa shape index (κ1) is 19.8. The Kier molecular flexibility index (Phi) is 5.10. The Morgan fingerprint density at radius 2 is 1.82 bits per heavy atom. The van der Waals surface area contributed by atoms with Crippen molar-refractivity contribution >= 4 is 22.5 Å². The quantitative estimate of drug-likeness (QED) is 0.751. The van der Waals surface area contributed by atoms with Crippen molar-refractivity contribution in [3.63, 3.8) is 0 Å². The zero-order valence-corrected chi connectivity index (χ0v) is 17.3. The number of rotatable bonds is 4. The van der Waals surface area contributed by atoms with Crippen molar-refractivity contribution in [3.8, 4) is 0 Å². The van der Waals surface area contributed by atoms with Gasteiger partial charge < -0.3 is 5.32 Å². The first-order chi connectivity index (χ1) is 13.1. The lowest BCUT2D eigenvalue weighted by Gasteiger charge is -2.21. The van der Waals surface area contributed by atoms with Gasteiger partial charge >= 0.3 is 0 Å². The van der Waals surface area contributed by atoms with Crippen LogP contribution >= 0.6 is 0 Å². The third kappa shape index (κ3) is 3.83. The molecule has 0 aliphatic heterocycles. The van der Waals surface area contributed by atoms with Crippen LogP contribution in [0.2, 0.25) is 0 Å². The van der Waals surface area contributed by atoms with E-state index < -0.39 is 0 Å². The van der Waals surface area contributed by atoms with E-state index >= 15 is 0 Å². The molecule has 0 unspecified atom stereocenters. The highest BCUT2D eigenvalue weighted by Crippen LogP contribution is 2.24. The SMILES string of the molecule is Cc1ccc(NC(=O)Cn2nc(C(C)C)c3cnn(C(C)(C)C)c3c2=O)cc1. The van der Waals surface area contributed by atoms with E-state index in [-0.39, 0.29) is 29.5 Å². The monoisotopic (exact) mass is 381 g/mol. The number of hydrogen-bond acceptors (Lipinski definition) is 4. The van der Waals surface area contributed by atoms with Gasteiger partial charge in [-0.3, -0.25) is 14.3 Å². The van der Waals surface area contributed by atoms with Gasteiger partial charge in [-0.1, -0.05) is 31.5 Å². The molecule has 7 heteroatoms. The third-order valence-electron chi connectivity index (χ3n) is 4.52. The number of aromatic nitrogens is 4. The van der Waals surface area contributed by atoms with Gasteiger partial charge in [0.2, 0.25) is 5.91 Å². The Bertz CT molecular complexity index is 1070. The molecule has 0 bridgehead atoms. The Hall–Kier alpha value is -2.96. The van der Waals surface area contributed by atoms with Crippen LogP contribution in [0.1, 0.15) is 51.8 Å². The zero-order chi connectivity index (χ0) is 20.6. The van der Waals surface area contributed by atoms with E-state index in [9.17, 15) is 9.59 Å². The van der Waals surface area contributed by atoms with Gasteiger partial charge in [0.15, 0.2) is 0 Å². The lowest BCUT2D eigenvalue weighted by Crippen LogP contribution is -2.34. The van der Waals surface area contributed by atoms with Crippen molar-refractivity contribution in [2.75, 3.05) is 5.32 Å². The van der Waals surface area contributed by atoms with Gasteiger partial charge in [-0.25, -0.2) is 4.68 Å². The smallest absolute Gasteiger partial charge is 0.293 e. The Morgan fingerprint density at radius 3 is 2.39 bits per heavy atom. The lowest BCUT2D eigenvalue weighted by atomic mass is 10.1. The van der Waals surface area contributed by atoms with Crippen LogP contribution < -0.4 is 10.9 Å². The fraction of sp³-hybridized carbons (Fsp3) is 0.429. The minimum Gasteiger partial charge on any atom is -0.324 e. The molecule has 0 radical (unpaired) electrons. The molecule has 1 N–H and O–H groups in total. The van der Waals surface area contributed by atoms with Crippen molar-refractivity contribution in [2.45, 2.75) is 59.5 Å². The molecule has 2 aromatic heterocycles. The molecule has 0 saturated heterocycles. The lowest BCUT2D eigenvalue weighted by molar-refractivity contribution is -0.117. The van der Waals surface area contributed by atoms with E-state index in [1.165, 1.54) is 4.68 Å². The summed E-state index contributed by atoms with van der Waals surface area (Å²) in [7, 11) is 0. The van der Waals surface area contributed by atoms with Gasteiger partial charge in [0.25, 0.3) is 5.56 Å². The first-order valence-corrected chi connectivity index (χ1v) is 9.43. The molecule has 3 aromatic rings. The second-order valence-electron chi connectivity index (χ2n) is 8.41. The summed E-state index contributed by atoms with van der Waals surface area (Å²) in [5.41, 5.74) is 2.36. The first-order valence-electron chi connectivity index (χ1n) is 9.43. The van der Waals surface area contributed by atoms with Crippen molar-refractivity contribution in [1.29, 1.82) is 0 Å². The van der Waals surface area contributed by atoms with Gasteiger partial charge in [0, 0.05) is 11.1 Å². The molecular formula is C21H27N5O2. The Labute approximate surface area is 164 Å². The highest BCUT2D eigenvalue weighted by atomic mass is 16.2. The summed E-state index contributed by atoms with van der Waals surface area (Å²) in [6.45, 7) is 11.8. The van der Waals surface area contributed by atoms with E-state index in [1.54, 1.807) is 10.9 Å². The Morgan fingerprint density at radius 1 is 1.18 bits per heavy atom. The van der Waals surface area contributed by atoms with Crippen molar-refractivity contribution in [2.24, 2.45) is 0 Å². The number of carbonyl (C=O) groups excluding carboxylic acids is 1. The van der Waals surface area contributed by atoms with E-state index in [1.807, 2.05) is 65.8 Å². The van der Waals surface area contributed by atoms with Crippen LogP contribution in [-0.4, -0.2) is 25.5 Å². The number of fused-ring (bicyclic) bond motifs is 1. The average molecular weight is 381 g/mol. The van der Waals surface area contributed by atoms with Gasteiger partial charge in [-0.2, -0.15) is 10.2 Å². The average Bonchev–Trinajstić information content (AvgIpc) is 3.05. The zero-order valence-electron chi connectivity index (χ0n) is 17.3. The molecule has 1 aromatic carbocycles. The van der Waals surface area contributed by atoms with Gasteiger partial charge in [0.1, 0.15) is 12.1 Å². The fourth-order valence-electron chi connectivity index (χ4n) is 3.11. The van der Waals surface area contributed by atoms with Gasteiger partial charge in [-0.05, 0) is 45.7 Å². The predicted molar refractivity (Wildman–Crippen MR) is 111 cm³/mol. The summed E-state index contributed by atoms with van der Waals surface area (Å²) >= 11 is 0. The molecule has 148 valence electrons.